The number of rotatable bonds is 6. The molecular formula is C13H18ClFN4O. The Kier molecular flexibility index (Phi) is 6.57. The van der Waals surface area contributed by atoms with Crippen molar-refractivity contribution >= 4 is 12.4 Å². The molecule has 0 aliphatic carbocycles. The van der Waals surface area contributed by atoms with E-state index in [2.05, 4.69) is 15.0 Å². The van der Waals surface area contributed by atoms with Gasteiger partial charge in [-0.25, -0.2) is 4.39 Å². The van der Waals surface area contributed by atoms with Crippen LogP contribution in [-0.4, -0.2) is 21.6 Å². The molecule has 0 saturated carbocycles. The Bertz CT molecular complexity index is 535. The molecule has 0 fully saturated rings. The molecule has 110 valence electrons. The molecule has 20 heavy (non-hydrogen) atoms. The Hall–Kier alpha value is -1.50. The van der Waals surface area contributed by atoms with Crippen molar-refractivity contribution < 1.29 is 8.91 Å². The van der Waals surface area contributed by atoms with Crippen LogP contribution in [0.4, 0.5) is 4.39 Å². The maximum atomic E-state index is 13.1. The van der Waals surface area contributed by atoms with Crippen molar-refractivity contribution in [3.05, 3.63) is 47.4 Å². The Labute approximate surface area is 123 Å². The first kappa shape index (κ1) is 16.6. The molecule has 0 spiro atoms. The maximum Gasteiger partial charge on any atom is 0.240 e. The molecule has 0 aliphatic heterocycles. The van der Waals surface area contributed by atoms with Crippen LogP contribution in [0.15, 0.2) is 28.8 Å². The van der Waals surface area contributed by atoms with Crippen molar-refractivity contribution in [2.24, 2.45) is 5.73 Å². The predicted octanol–water partition coefficient (Wildman–Crippen LogP) is 2.11. The van der Waals surface area contributed by atoms with Crippen LogP contribution >= 0.6 is 12.4 Å². The zero-order valence-corrected chi connectivity index (χ0v) is 12.1. The minimum absolute atomic E-state index is 0. The van der Waals surface area contributed by atoms with Gasteiger partial charge in [0.2, 0.25) is 5.89 Å². The van der Waals surface area contributed by atoms with Crippen molar-refractivity contribution in [2.45, 2.75) is 26.6 Å². The Balaban J connectivity index is 0.00000200. The maximum absolute atomic E-state index is 13.1. The van der Waals surface area contributed by atoms with Crippen LogP contribution in [0.3, 0.4) is 0 Å². The van der Waals surface area contributed by atoms with Crippen LogP contribution in [0.25, 0.3) is 0 Å². The van der Waals surface area contributed by atoms with Gasteiger partial charge in [-0.1, -0.05) is 24.2 Å². The van der Waals surface area contributed by atoms with E-state index in [1.165, 1.54) is 12.1 Å². The molecule has 0 bridgehead atoms. The van der Waals surface area contributed by atoms with E-state index in [4.69, 9.17) is 10.3 Å². The molecule has 1 aromatic heterocycles. The number of hydrogen-bond acceptors (Lipinski definition) is 5. The molecule has 0 unspecified atom stereocenters. The van der Waals surface area contributed by atoms with Gasteiger partial charge in [-0.15, -0.1) is 12.4 Å². The lowest BCUT2D eigenvalue weighted by Crippen LogP contribution is -2.23. The minimum Gasteiger partial charge on any atom is -0.338 e. The van der Waals surface area contributed by atoms with E-state index in [1.54, 1.807) is 6.07 Å². The lowest BCUT2D eigenvalue weighted by atomic mass is 10.2. The smallest absolute Gasteiger partial charge is 0.240 e. The van der Waals surface area contributed by atoms with Gasteiger partial charge in [-0.05, 0) is 24.2 Å². The van der Waals surface area contributed by atoms with Gasteiger partial charge >= 0.3 is 0 Å². The van der Waals surface area contributed by atoms with Gasteiger partial charge in [0, 0.05) is 6.54 Å². The quantitative estimate of drug-likeness (QED) is 0.885. The normalized spacial score (nSPS) is 10.6. The van der Waals surface area contributed by atoms with E-state index in [9.17, 15) is 4.39 Å². The lowest BCUT2D eigenvalue weighted by molar-refractivity contribution is 0.258. The van der Waals surface area contributed by atoms with Gasteiger partial charge in [-0.3, -0.25) is 4.90 Å². The fraction of sp³-hybridized carbons (Fsp3) is 0.385. The molecule has 0 aliphatic rings. The average Bonchev–Trinajstić information content (AvgIpc) is 2.85. The van der Waals surface area contributed by atoms with E-state index < -0.39 is 0 Å². The van der Waals surface area contributed by atoms with Gasteiger partial charge in [0.25, 0.3) is 0 Å². The zero-order valence-electron chi connectivity index (χ0n) is 11.3. The highest BCUT2D eigenvalue weighted by atomic mass is 35.5. The van der Waals surface area contributed by atoms with Gasteiger partial charge in [-0.2, -0.15) is 4.98 Å². The zero-order chi connectivity index (χ0) is 13.7. The fourth-order valence-corrected chi connectivity index (χ4v) is 1.81. The van der Waals surface area contributed by atoms with E-state index in [1.807, 2.05) is 13.0 Å². The van der Waals surface area contributed by atoms with Crippen molar-refractivity contribution in [1.29, 1.82) is 0 Å². The molecular weight excluding hydrogens is 283 g/mol. The largest absolute Gasteiger partial charge is 0.338 e. The number of nitrogens with zero attached hydrogens (tertiary/aromatic N) is 3. The SMILES string of the molecule is CCN(Cc1cccc(F)c1)Cc1noc(CN)n1.Cl. The van der Waals surface area contributed by atoms with Gasteiger partial charge in [0.1, 0.15) is 5.82 Å². The van der Waals surface area contributed by atoms with E-state index >= 15 is 0 Å². The highest BCUT2D eigenvalue weighted by Gasteiger charge is 2.10. The molecule has 0 atom stereocenters. The molecule has 0 saturated heterocycles. The lowest BCUT2D eigenvalue weighted by Gasteiger charge is -2.18. The monoisotopic (exact) mass is 300 g/mol. The molecule has 0 amide bonds. The molecule has 5 nitrogen and oxygen atoms in total. The molecule has 2 rings (SSSR count). The number of nitrogens with two attached hydrogens (primary N) is 1. The van der Waals surface area contributed by atoms with Crippen molar-refractivity contribution in [2.75, 3.05) is 6.54 Å². The first-order valence-electron chi connectivity index (χ1n) is 6.19. The van der Waals surface area contributed by atoms with Gasteiger partial charge < -0.3 is 10.3 Å². The summed E-state index contributed by atoms with van der Waals surface area (Å²) in [5, 5.41) is 3.85. The molecule has 7 heteroatoms. The van der Waals surface area contributed by atoms with E-state index in [0.29, 0.717) is 24.8 Å². The van der Waals surface area contributed by atoms with Crippen LogP contribution in [0.5, 0.6) is 0 Å². The summed E-state index contributed by atoms with van der Waals surface area (Å²) in [6.45, 7) is 4.27. The second kappa shape index (κ2) is 7.94. The summed E-state index contributed by atoms with van der Waals surface area (Å²) in [6.07, 6.45) is 0. The van der Waals surface area contributed by atoms with Crippen molar-refractivity contribution in [1.82, 2.24) is 15.0 Å². The molecule has 2 N–H and O–H groups in total. The fourth-order valence-electron chi connectivity index (χ4n) is 1.81. The third kappa shape index (κ3) is 4.56. The number of aromatic nitrogens is 2. The summed E-state index contributed by atoms with van der Waals surface area (Å²) in [4.78, 5) is 6.25. The van der Waals surface area contributed by atoms with Crippen LogP contribution in [-0.2, 0) is 19.6 Å². The van der Waals surface area contributed by atoms with Gasteiger partial charge in [0.05, 0.1) is 13.1 Å². The van der Waals surface area contributed by atoms with Crippen molar-refractivity contribution in [3.63, 3.8) is 0 Å². The van der Waals surface area contributed by atoms with Crippen molar-refractivity contribution in [3.8, 4) is 0 Å². The average molecular weight is 301 g/mol. The summed E-state index contributed by atoms with van der Waals surface area (Å²) in [7, 11) is 0. The first-order chi connectivity index (χ1) is 9.21. The van der Waals surface area contributed by atoms with Crippen LogP contribution < -0.4 is 5.73 Å². The highest BCUT2D eigenvalue weighted by Crippen LogP contribution is 2.09. The number of benzene rings is 1. The second-order valence-electron chi connectivity index (χ2n) is 4.24. The number of hydrogen-bond donors (Lipinski definition) is 1. The van der Waals surface area contributed by atoms with Gasteiger partial charge in [0.15, 0.2) is 5.82 Å². The van der Waals surface area contributed by atoms with E-state index in [0.717, 1.165) is 12.1 Å². The summed E-state index contributed by atoms with van der Waals surface area (Å²) in [6, 6.07) is 6.57. The Morgan fingerprint density at radius 2 is 2.15 bits per heavy atom. The van der Waals surface area contributed by atoms with Crippen LogP contribution in [0, 0.1) is 5.82 Å². The second-order valence-corrected chi connectivity index (χ2v) is 4.24. The molecule has 1 heterocycles. The summed E-state index contributed by atoms with van der Waals surface area (Å²) < 4.78 is 18.1. The third-order valence-electron chi connectivity index (χ3n) is 2.79. The van der Waals surface area contributed by atoms with Crippen LogP contribution in [0.1, 0.15) is 24.2 Å². The van der Waals surface area contributed by atoms with Crippen LogP contribution in [0.2, 0.25) is 0 Å². The standard InChI is InChI=1S/C13H17FN4O.ClH/c1-2-18(8-10-4-3-5-11(14)6-10)9-12-16-13(7-15)19-17-12;/h3-6H,2,7-9,15H2,1H3;1H. The molecule has 1 aromatic carbocycles. The van der Waals surface area contributed by atoms with E-state index in [-0.39, 0.29) is 24.8 Å². The predicted molar refractivity (Wildman–Crippen MR) is 75.6 cm³/mol. The Morgan fingerprint density at radius 1 is 1.35 bits per heavy atom. The summed E-state index contributed by atoms with van der Waals surface area (Å²) in [5.74, 6) is 0.800. The molecule has 0 radical (unpaired) electrons. The minimum atomic E-state index is -0.224. The summed E-state index contributed by atoms with van der Waals surface area (Å²) in [5.41, 5.74) is 6.34. The molecule has 2 aromatic rings. The number of halogens is 2. The highest BCUT2D eigenvalue weighted by molar-refractivity contribution is 5.85. The first-order valence-corrected chi connectivity index (χ1v) is 6.19. The Morgan fingerprint density at radius 3 is 2.75 bits per heavy atom. The topological polar surface area (TPSA) is 68.2 Å². The summed E-state index contributed by atoms with van der Waals surface area (Å²) >= 11 is 0. The third-order valence-corrected chi connectivity index (χ3v) is 2.79.